The summed E-state index contributed by atoms with van der Waals surface area (Å²) in [6, 6.07) is 46.0. The van der Waals surface area contributed by atoms with Gasteiger partial charge < -0.3 is 0 Å². The van der Waals surface area contributed by atoms with E-state index in [-0.39, 0.29) is 0 Å². The van der Waals surface area contributed by atoms with Crippen molar-refractivity contribution in [2.45, 2.75) is 38.6 Å². The van der Waals surface area contributed by atoms with Crippen molar-refractivity contribution in [1.82, 2.24) is 9.30 Å². The van der Waals surface area contributed by atoms with Crippen molar-refractivity contribution in [3.8, 4) is 0 Å². The third kappa shape index (κ3) is 3.71. The molecular formula is C31H36N2P2. The maximum absolute atomic E-state index is 4.54. The quantitative estimate of drug-likeness (QED) is 0.343. The summed E-state index contributed by atoms with van der Waals surface area (Å²) in [6.07, 6.45) is 5.29. The minimum atomic E-state index is -2.41. The molecule has 4 aromatic rings. The molecule has 1 saturated heterocycles. The zero-order chi connectivity index (χ0) is 23.7. The molecule has 0 amide bonds. The number of benzene rings is 4. The zero-order valence-electron chi connectivity index (χ0n) is 20.5. The van der Waals surface area contributed by atoms with E-state index in [1.807, 2.05) is 0 Å². The first-order valence-electron chi connectivity index (χ1n) is 13.1. The van der Waals surface area contributed by atoms with Crippen LogP contribution in [0.25, 0.3) is 0 Å². The van der Waals surface area contributed by atoms with Gasteiger partial charge in [-0.1, -0.05) is 0 Å². The number of hydrogen-bond donors (Lipinski definition) is 1. The molecule has 1 aliphatic carbocycles. The number of hydrogen-bond acceptors (Lipinski definition) is 2. The van der Waals surface area contributed by atoms with E-state index in [1.165, 1.54) is 46.9 Å². The molecule has 2 atom stereocenters. The fourth-order valence-corrected chi connectivity index (χ4v) is 21.4. The Kier molecular flexibility index (Phi) is 6.34. The number of nitrogens with one attached hydrogen (secondary N) is 1. The Morgan fingerprint density at radius 1 is 0.543 bits per heavy atom. The molecule has 1 aliphatic heterocycles. The predicted octanol–water partition coefficient (Wildman–Crippen LogP) is 5.93. The standard InChI is InChI=1S/C31H36N2P2/c1-26-16-14-15-25-31(26)33-34(27-17-6-2-7-18-27,28-19-8-3-9-20-28)32-35(33,29-21-10-4-11-22-29)30-23-12-5-13-24-30/h2-13,17-24,26,31-32,34-35H,14-16,25H2,1H3. The third-order valence-corrected chi connectivity index (χ3v) is 19.9. The second-order valence-electron chi connectivity index (χ2n) is 10.2. The normalized spacial score (nSPS) is 25.2. The molecule has 2 fully saturated rings. The summed E-state index contributed by atoms with van der Waals surface area (Å²) in [5.74, 6) is 0.685. The molecule has 2 nitrogen and oxygen atoms in total. The van der Waals surface area contributed by atoms with Crippen molar-refractivity contribution in [2.75, 3.05) is 0 Å². The van der Waals surface area contributed by atoms with Gasteiger partial charge in [0.05, 0.1) is 0 Å². The first-order chi connectivity index (χ1) is 17.3. The van der Waals surface area contributed by atoms with Gasteiger partial charge in [-0.2, -0.15) is 0 Å². The first kappa shape index (κ1) is 23.1. The summed E-state index contributed by atoms with van der Waals surface area (Å²) >= 11 is 0. The topological polar surface area (TPSA) is 15.3 Å². The summed E-state index contributed by atoms with van der Waals surface area (Å²) in [5.41, 5.74) is 0. The van der Waals surface area contributed by atoms with E-state index in [9.17, 15) is 0 Å². The van der Waals surface area contributed by atoms with E-state index < -0.39 is 15.1 Å². The Balaban J connectivity index is 1.65. The Morgan fingerprint density at radius 3 is 1.23 bits per heavy atom. The molecule has 0 radical (unpaired) electrons. The van der Waals surface area contributed by atoms with E-state index in [1.54, 1.807) is 0 Å². The van der Waals surface area contributed by atoms with Crippen LogP contribution in [0.15, 0.2) is 121 Å². The van der Waals surface area contributed by atoms with E-state index in [0.29, 0.717) is 12.0 Å². The van der Waals surface area contributed by atoms with Gasteiger partial charge in [-0.25, -0.2) is 0 Å². The summed E-state index contributed by atoms with van der Waals surface area (Å²) in [4.78, 5) is 4.54. The Morgan fingerprint density at radius 2 is 0.886 bits per heavy atom. The summed E-state index contributed by atoms with van der Waals surface area (Å²) in [6.45, 7) is 2.51. The average molecular weight is 499 g/mol. The Bertz CT molecular complexity index is 1080. The molecule has 6 rings (SSSR count). The molecule has 1 heterocycles. The van der Waals surface area contributed by atoms with Gasteiger partial charge in [0.15, 0.2) is 0 Å². The van der Waals surface area contributed by atoms with Crippen LogP contribution in [0.2, 0.25) is 0 Å². The average Bonchev–Trinajstić information content (AvgIpc) is 2.92. The van der Waals surface area contributed by atoms with Gasteiger partial charge in [0.1, 0.15) is 0 Å². The van der Waals surface area contributed by atoms with Gasteiger partial charge in [0.25, 0.3) is 0 Å². The van der Waals surface area contributed by atoms with E-state index >= 15 is 0 Å². The zero-order valence-corrected chi connectivity index (χ0v) is 22.5. The molecular weight excluding hydrogens is 462 g/mol. The van der Waals surface area contributed by atoms with Crippen LogP contribution in [0.4, 0.5) is 0 Å². The summed E-state index contributed by atoms with van der Waals surface area (Å²) < 4.78 is 3.12. The van der Waals surface area contributed by atoms with Crippen molar-refractivity contribution in [3.63, 3.8) is 0 Å². The summed E-state index contributed by atoms with van der Waals surface area (Å²) in [5, 5.41) is 5.89. The molecule has 0 aromatic heterocycles. The van der Waals surface area contributed by atoms with Crippen molar-refractivity contribution in [3.05, 3.63) is 121 Å². The minimum absolute atomic E-state index is 0.573. The Labute approximate surface area is 211 Å². The molecule has 0 spiro atoms. The van der Waals surface area contributed by atoms with Crippen LogP contribution >= 0.6 is 15.1 Å². The van der Waals surface area contributed by atoms with Crippen molar-refractivity contribution < 1.29 is 0 Å². The molecule has 1 N–H and O–H groups in total. The fraction of sp³-hybridized carbons (Fsp3) is 0.226. The maximum atomic E-state index is 4.54. The monoisotopic (exact) mass is 498 g/mol. The van der Waals surface area contributed by atoms with Crippen LogP contribution < -0.4 is 26.1 Å². The molecule has 4 heteroatoms. The van der Waals surface area contributed by atoms with E-state index in [0.717, 1.165) is 0 Å². The molecule has 2 unspecified atom stereocenters. The number of rotatable bonds is 5. The van der Waals surface area contributed by atoms with Gasteiger partial charge in [-0.05, 0) is 0 Å². The molecule has 0 bridgehead atoms. The van der Waals surface area contributed by atoms with E-state index in [4.69, 9.17) is 0 Å². The predicted molar refractivity (Wildman–Crippen MR) is 157 cm³/mol. The molecule has 1 saturated carbocycles. The van der Waals surface area contributed by atoms with Gasteiger partial charge in [0, 0.05) is 0 Å². The number of nitrogens with zero attached hydrogens (tertiary/aromatic N) is 1. The van der Waals surface area contributed by atoms with Crippen LogP contribution in [0, 0.1) is 5.92 Å². The van der Waals surface area contributed by atoms with E-state index in [2.05, 4.69) is 138 Å². The molecule has 180 valence electrons. The van der Waals surface area contributed by atoms with Crippen LogP contribution in [0.1, 0.15) is 32.6 Å². The fourth-order valence-electron chi connectivity index (χ4n) is 6.65. The van der Waals surface area contributed by atoms with Crippen molar-refractivity contribution >= 4 is 36.3 Å². The molecule has 4 aromatic carbocycles. The third-order valence-electron chi connectivity index (χ3n) is 8.25. The van der Waals surface area contributed by atoms with Gasteiger partial charge in [0.2, 0.25) is 0 Å². The molecule has 2 aliphatic rings. The SMILES string of the molecule is CC1CCCCC1N1[PH](c2ccccc2)(c2ccccc2)N[PH]1(c1ccccc1)c1ccccc1. The Hall–Kier alpha value is -2.34. The summed E-state index contributed by atoms with van der Waals surface area (Å²) in [7, 11) is -4.82. The van der Waals surface area contributed by atoms with Crippen LogP contribution in [-0.2, 0) is 0 Å². The van der Waals surface area contributed by atoms with Gasteiger partial charge in [-0.15, -0.1) is 0 Å². The van der Waals surface area contributed by atoms with Gasteiger partial charge >= 0.3 is 212 Å². The van der Waals surface area contributed by atoms with Crippen molar-refractivity contribution in [1.29, 1.82) is 0 Å². The molecule has 35 heavy (non-hydrogen) atoms. The van der Waals surface area contributed by atoms with Crippen molar-refractivity contribution in [2.24, 2.45) is 5.92 Å². The van der Waals surface area contributed by atoms with Crippen LogP contribution in [0.3, 0.4) is 0 Å². The van der Waals surface area contributed by atoms with Gasteiger partial charge in [-0.3, -0.25) is 0 Å². The van der Waals surface area contributed by atoms with Crippen LogP contribution in [0.5, 0.6) is 0 Å². The second-order valence-corrected chi connectivity index (χ2v) is 17.8. The second kappa shape index (κ2) is 9.61. The van der Waals surface area contributed by atoms with Crippen LogP contribution in [-0.4, -0.2) is 10.5 Å². The first-order valence-corrected chi connectivity index (χ1v) is 17.0.